The van der Waals surface area contributed by atoms with E-state index < -0.39 is 27.7 Å². The lowest BCUT2D eigenvalue weighted by Crippen LogP contribution is -2.52. The number of carbonyl (C=O) groups is 2. The SMILES string of the molecule is CC(C)(C)OC(=O)[C@H]1CC(CO)=CN1[Si](C)(C)C.CC(C)(C)OC(=O)[C@H]1C[C@@H](CO)CN1[Si](C)(C)C. The van der Waals surface area contributed by atoms with Crippen LogP contribution in [0.3, 0.4) is 0 Å². The molecule has 0 aromatic rings. The van der Waals surface area contributed by atoms with Crippen molar-refractivity contribution in [3.8, 4) is 0 Å². The summed E-state index contributed by atoms with van der Waals surface area (Å²) in [5.41, 5.74) is -0.00259. The topological polar surface area (TPSA) is 99.5 Å². The summed E-state index contributed by atoms with van der Waals surface area (Å²) in [6.07, 6.45) is 3.24. The number of aliphatic hydroxyl groups is 2. The molecule has 0 saturated carbocycles. The van der Waals surface area contributed by atoms with Crippen LogP contribution >= 0.6 is 0 Å². The predicted molar refractivity (Wildman–Crippen MR) is 149 cm³/mol. The van der Waals surface area contributed by atoms with Crippen LogP contribution in [-0.4, -0.2) is 90.8 Å². The molecule has 0 aromatic carbocycles. The van der Waals surface area contributed by atoms with Gasteiger partial charge in [0.25, 0.3) is 0 Å². The number of hydrogen-bond acceptors (Lipinski definition) is 8. The summed E-state index contributed by atoms with van der Waals surface area (Å²) < 4.78 is 15.4. The molecular weight excluding hydrogens is 492 g/mol. The molecule has 0 aromatic heterocycles. The molecule has 0 unspecified atom stereocenters. The Morgan fingerprint density at radius 3 is 1.72 bits per heavy atom. The minimum atomic E-state index is -1.64. The van der Waals surface area contributed by atoms with Gasteiger partial charge in [-0.3, -0.25) is 4.79 Å². The molecule has 1 saturated heterocycles. The van der Waals surface area contributed by atoms with Gasteiger partial charge in [0.2, 0.25) is 0 Å². The van der Waals surface area contributed by atoms with E-state index in [0.717, 1.165) is 18.5 Å². The molecule has 2 rings (SSSR count). The Morgan fingerprint density at radius 1 is 0.889 bits per heavy atom. The van der Waals surface area contributed by atoms with Crippen LogP contribution in [0.1, 0.15) is 54.4 Å². The normalized spacial score (nSPS) is 23.7. The van der Waals surface area contributed by atoms with Gasteiger partial charge < -0.3 is 28.8 Å². The van der Waals surface area contributed by atoms with Gasteiger partial charge >= 0.3 is 11.9 Å². The van der Waals surface area contributed by atoms with E-state index in [9.17, 15) is 19.8 Å². The van der Waals surface area contributed by atoms with Crippen molar-refractivity contribution >= 4 is 28.4 Å². The second-order valence-corrected chi connectivity index (χ2v) is 23.7. The van der Waals surface area contributed by atoms with Crippen LogP contribution in [0.5, 0.6) is 0 Å². The van der Waals surface area contributed by atoms with Crippen molar-refractivity contribution in [3.63, 3.8) is 0 Å². The van der Waals surface area contributed by atoms with Crippen LogP contribution in [0.25, 0.3) is 0 Å². The zero-order valence-electron chi connectivity index (χ0n) is 24.8. The first kappa shape index (κ1) is 32.8. The molecule has 3 atom stereocenters. The Morgan fingerprint density at radius 2 is 1.36 bits per heavy atom. The van der Waals surface area contributed by atoms with E-state index in [4.69, 9.17) is 9.47 Å². The van der Waals surface area contributed by atoms with Crippen LogP contribution in [0, 0.1) is 5.92 Å². The monoisotopic (exact) mass is 544 g/mol. The largest absolute Gasteiger partial charge is 0.459 e. The molecule has 8 nitrogen and oxygen atoms in total. The van der Waals surface area contributed by atoms with Gasteiger partial charge in [0.15, 0.2) is 0 Å². The summed E-state index contributed by atoms with van der Waals surface area (Å²) in [5, 5.41) is 18.6. The van der Waals surface area contributed by atoms with Gasteiger partial charge in [0.05, 0.1) is 6.61 Å². The van der Waals surface area contributed by atoms with Crippen molar-refractivity contribution in [2.24, 2.45) is 5.92 Å². The maximum absolute atomic E-state index is 12.3. The average molecular weight is 545 g/mol. The second-order valence-electron chi connectivity index (χ2n) is 13.9. The standard InChI is InChI=1S/C13H27NO3Si.C13H25NO3Si/c2*1-13(2,3)17-12(16)11-7-10(9-15)8-14(11)18(4,5)6/h10-11,15H,7-9H2,1-6H3;8,11,15H,7,9H2,1-6H3/t10-,11-;11-/m11/s1. The molecule has 36 heavy (non-hydrogen) atoms. The van der Waals surface area contributed by atoms with Gasteiger partial charge in [-0.1, -0.05) is 39.3 Å². The van der Waals surface area contributed by atoms with Gasteiger partial charge in [0.1, 0.15) is 39.8 Å². The third kappa shape index (κ3) is 10.3. The smallest absolute Gasteiger partial charge is 0.328 e. The van der Waals surface area contributed by atoms with E-state index in [1.807, 2.05) is 47.7 Å². The van der Waals surface area contributed by atoms with Gasteiger partial charge in [-0.25, -0.2) is 4.79 Å². The van der Waals surface area contributed by atoms with Gasteiger partial charge in [-0.2, -0.15) is 0 Å². The molecule has 0 spiro atoms. The lowest BCUT2D eigenvalue weighted by atomic mass is 10.1. The Hall–Kier alpha value is -1.21. The fourth-order valence-electron chi connectivity index (χ4n) is 4.41. The predicted octanol–water partition coefficient (Wildman–Crippen LogP) is 3.96. The summed E-state index contributed by atoms with van der Waals surface area (Å²) in [6.45, 7) is 25.5. The number of hydrogen-bond donors (Lipinski definition) is 2. The van der Waals surface area contributed by atoms with E-state index >= 15 is 0 Å². The van der Waals surface area contributed by atoms with Crippen LogP contribution < -0.4 is 0 Å². The van der Waals surface area contributed by atoms with E-state index in [1.54, 1.807) is 0 Å². The number of nitrogens with zero attached hydrogens (tertiary/aromatic N) is 2. The van der Waals surface area contributed by atoms with E-state index in [1.165, 1.54) is 0 Å². The molecule has 10 heteroatoms. The Labute approximate surface area is 221 Å². The molecule has 2 heterocycles. The second kappa shape index (κ2) is 12.1. The maximum atomic E-state index is 12.3. The highest BCUT2D eigenvalue weighted by atomic mass is 28.3. The lowest BCUT2D eigenvalue weighted by Gasteiger charge is -2.36. The first-order valence-electron chi connectivity index (χ1n) is 13.0. The fraction of sp³-hybridized carbons (Fsp3) is 0.846. The molecule has 1 fully saturated rings. The Balaban J connectivity index is 0.000000360. The first-order chi connectivity index (χ1) is 16.1. The number of carbonyl (C=O) groups excluding carboxylic acids is 2. The van der Waals surface area contributed by atoms with E-state index in [2.05, 4.69) is 48.4 Å². The quantitative estimate of drug-likeness (QED) is 0.383. The molecular formula is C26H52N2O6Si2. The number of ether oxygens (including phenoxy) is 2. The van der Waals surface area contributed by atoms with Gasteiger partial charge in [-0.05, 0) is 72.2 Å². The van der Waals surface area contributed by atoms with Crippen LogP contribution in [0.2, 0.25) is 39.3 Å². The van der Waals surface area contributed by atoms with Gasteiger partial charge in [0, 0.05) is 13.0 Å². The molecule has 0 bridgehead atoms. The molecule has 0 radical (unpaired) electrons. The molecule has 0 amide bonds. The van der Waals surface area contributed by atoms with E-state index in [-0.39, 0.29) is 43.2 Å². The average Bonchev–Trinajstić information content (AvgIpc) is 3.30. The van der Waals surface area contributed by atoms with Crippen molar-refractivity contribution < 1.29 is 29.3 Å². The number of aliphatic hydroxyl groups excluding tert-OH is 2. The first-order valence-corrected chi connectivity index (χ1v) is 19.9. The minimum Gasteiger partial charge on any atom is -0.459 e. The summed E-state index contributed by atoms with van der Waals surface area (Å²) in [7, 11) is -3.20. The highest BCUT2D eigenvalue weighted by Gasteiger charge is 2.44. The maximum Gasteiger partial charge on any atom is 0.328 e. The fourth-order valence-corrected chi connectivity index (χ4v) is 8.06. The molecule has 2 N–H and O–H groups in total. The summed E-state index contributed by atoms with van der Waals surface area (Å²) >= 11 is 0. The third-order valence-electron chi connectivity index (χ3n) is 5.96. The summed E-state index contributed by atoms with van der Waals surface area (Å²) in [4.78, 5) is 24.5. The van der Waals surface area contributed by atoms with Crippen LogP contribution in [0.4, 0.5) is 0 Å². The molecule has 0 aliphatic carbocycles. The summed E-state index contributed by atoms with van der Waals surface area (Å²) in [6, 6.07) is -0.439. The highest BCUT2D eigenvalue weighted by molar-refractivity contribution is 6.74. The summed E-state index contributed by atoms with van der Waals surface area (Å²) in [5.74, 6) is -0.125. The molecule has 2 aliphatic heterocycles. The minimum absolute atomic E-state index is 0.0142. The van der Waals surface area contributed by atoms with Crippen molar-refractivity contribution in [3.05, 3.63) is 11.8 Å². The Bertz CT molecular complexity index is 764. The highest BCUT2D eigenvalue weighted by Crippen LogP contribution is 2.31. The van der Waals surface area contributed by atoms with Crippen molar-refractivity contribution in [2.45, 2.75) is 117 Å². The zero-order chi connectivity index (χ0) is 28.3. The number of rotatable bonds is 6. The van der Waals surface area contributed by atoms with Gasteiger partial charge in [-0.15, -0.1) is 0 Å². The zero-order valence-corrected chi connectivity index (χ0v) is 26.8. The third-order valence-corrected chi connectivity index (χ3v) is 10.2. The van der Waals surface area contributed by atoms with Crippen LogP contribution in [-0.2, 0) is 19.1 Å². The molecule has 2 aliphatic rings. The van der Waals surface area contributed by atoms with Crippen molar-refractivity contribution in [1.82, 2.24) is 9.13 Å². The van der Waals surface area contributed by atoms with Crippen molar-refractivity contribution in [2.75, 3.05) is 19.8 Å². The lowest BCUT2D eigenvalue weighted by molar-refractivity contribution is -0.160. The van der Waals surface area contributed by atoms with Crippen molar-refractivity contribution in [1.29, 1.82) is 0 Å². The Kier molecular flexibility index (Phi) is 11.0. The van der Waals surface area contributed by atoms with Crippen LogP contribution in [0.15, 0.2) is 11.8 Å². The number of esters is 2. The molecule has 210 valence electrons. The van der Waals surface area contributed by atoms with E-state index in [0.29, 0.717) is 6.42 Å².